The fraction of sp³-hybridized carbons (Fsp3) is 0.0556. The maximum absolute atomic E-state index is 12.0. The standard InChI is InChI=1S/C18H15N3O/c22-18(17-8-4-5-11-19-17)20-16-9-12-21(13-10-16)14-15-6-2-1-3-7-15/h1-13H,14H2/p+1. The molecule has 0 bridgehead atoms. The summed E-state index contributed by atoms with van der Waals surface area (Å²) in [6, 6.07) is 19.3. The largest absolute Gasteiger partial charge is 0.320 e. The van der Waals surface area contributed by atoms with Gasteiger partial charge in [0.25, 0.3) is 5.91 Å². The molecule has 22 heavy (non-hydrogen) atoms. The van der Waals surface area contributed by atoms with E-state index in [1.54, 1.807) is 24.4 Å². The minimum Gasteiger partial charge on any atom is -0.320 e. The van der Waals surface area contributed by atoms with Crippen molar-refractivity contribution in [2.24, 2.45) is 0 Å². The Morgan fingerprint density at radius 3 is 2.36 bits per heavy atom. The topological polar surface area (TPSA) is 45.9 Å². The molecule has 2 heterocycles. The predicted octanol–water partition coefficient (Wildman–Crippen LogP) is 2.67. The van der Waals surface area contributed by atoms with E-state index in [1.165, 1.54) is 5.56 Å². The lowest BCUT2D eigenvalue weighted by Gasteiger charge is -2.04. The lowest BCUT2D eigenvalue weighted by Crippen LogP contribution is -2.33. The molecule has 1 amide bonds. The summed E-state index contributed by atoms with van der Waals surface area (Å²) in [6.45, 7) is 0.801. The third-order valence-electron chi connectivity index (χ3n) is 3.25. The Labute approximate surface area is 129 Å². The van der Waals surface area contributed by atoms with Crippen LogP contribution in [-0.4, -0.2) is 10.9 Å². The fourth-order valence-electron chi connectivity index (χ4n) is 2.13. The summed E-state index contributed by atoms with van der Waals surface area (Å²) in [6.07, 6.45) is 5.50. The molecule has 2 aromatic heterocycles. The Hall–Kier alpha value is -3.01. The van der Waals surface area contributed by atoms with Crippen LogP contribution in [0.25, 0.3) is 0 Å². The van der Waals surface area contributed by atoms with Crippen LogP contribution in [0.4, 0.5) is 5.69 Å². The van der Waals surface area contributed by atoms with Crippen LogP contribution in [0.5, 0.6) is 0 Å². The molecule has 0 saturated heterocycles. The van der Waals surface area contributed by atoms with E-state index in [4.69, 9.17) is 0 Å². The maximum Gasteiger partial charge on any atom is 0.274 e. The maximum atomic E-state index is 12.0. The van der Waals surface area contributed by atoms with Crippen molar-refractivity contribution in [1.29, 1.82) is 0 Å². The number of anilines is 1. The number of rotatable bonds is 4. The zero-order chi connectivity index (χ0) is 15.2. The number of benzene rings is 1. The highest BCUT2D eigenvalue weighted by Crippen LogP contribution is 2.06. The summed E-state index contributed by atoms with van der Waals surface area (Å²) >= 11 is 0. The number of hydrogen-bond donors (Lipinski definition) is 1. The van der Waals surface area contributed by atoms with Gasteiger partial charge in [-0.3, -0.25) is 9.78 Å². The van der Waals surface area contributed by atoms with Gasteiger partial charge in [-0.05, 0) is 12.1 Å². The second-order valence-electron chi connectivity index (χ2n) is 4.91. The van der Waals surface area contributed by atoms with E-state index < -0.39 is 0 Å². The molecule has 0 spiro atoms. The number of aromatic nitrogens is 2. The fourth-order valence-corrected chi connectivity index (χ4v) is 2.13. The monoisotopic (exact) mass is 290 g/mol. The molecule has 0 aliphatic heterocycles. The first-order chi connectivity index (χ1) is 10.8. The van der Waals surface area contributed by atoms with Gasteiger partial charge >= 0.3 is 0 Å². The molecule has 4 nitrogen and oxygen atoms in total. The minimum atomic E-state index is -0.207. The molecule has 4 heteroatoms. The zero-order valence-electron chi connectivity index (χ0n) is 12.0. The van der Waals surface area contributed by atoms with E-state index >= 15 is 0 Å². The van der Waals surface area contributed by atoms with E-state index in [0.717, 1.165) is 12.2 Å². The highest BCUT2D eigenvalue weighted by Gasteiger charge is 2.08. The zero-order valence-corrected chi connectivity index (χ0v) is 12.0. The first kappa shape index (κ1) is 13.9. The van der Waals surface area contributed by atoms with Crippen LogP contribution in [0, 0.1) is 0 Å². The Kier molecular flexibility index (Phi) is 4.20. The van der Waals surface area contributed by atoms with Crippen LogP contribution < -0.4 is 9.88 Å². The summed E-state index contributed by atoms with van der Waals surface area (Å²) in [5.41, 5.74) is 2.39. The van der Waals surface area contributed by atoms with Crippen LogP contribution in [0.3, 0.4) is 0 Å². The Bertz CT molecular complexity index is 740. The highest BCUT2D eigenvalue weighted by atomic mass is 16.1. The summed E-state index contributed by atoms with van der Waals surface area (Å²) in [5, 5.41) is 2.83. The van der Waals surface area contributed by atoms with Crippen molar-refractivity contribution in [2.75, 3.05) is 5.32 Å². The number of carbonyl (C=O) groups excluding carboxylic acids is 1. The molecule has 0 unspecified atom stereocenters. The third kappa shape index (κ3) is 3.55. The molecule has 3 aromatic rings. The van der Waals surface area contributed by atoms with E-state index in [-0.39, 0.29) is 5.91 Å². The van der Waals surface area contributed by atoms with Crippen LogP contribution >= 0.6 is 0 Å². The lowest BCUT2D eigenvalue weighted by atomic mass is 10.2. The molecular formula is C18H16N3O+. The number of amides is 1. The number of hydrogen-bond acceptors (Lipinski definition) is 2. The molecule has 0 saturated carbocycles. The first-order valence-electron chi connectivity index (χ1n) is 7.07. The Morgan fingerprint density at radius 2 is 1.68 bits per heavy atom. The predicted molar refractivity (Wildman–Crippen MR) is 84.4 cm³/mol. The molecule has 0 aliphatic carbocycles. The van der Waals surface area contributed by atoms with Gasteiger partial charge in [-0.1, -0.05) is 36.4 Å². The third-order valence-corrected chi connectivity index (χ3v) is 3.25. The normalized spacial score (nSPS) is 10.2. The second kappa shape index (κ2) is 6.63. The molecule has 108 valence electrons. The summed E-state index contributed by atoms with van der Waals surface area (Å²) < 4.78 is 2.06. The molecular weight excluding hydrogens is 274 g/mol. The van der Waals surface area contributed by atoms with Crippen LogP contribution in [-0.2, 0) is 6.54 Å². The molecule has 1 aromatic carbocycles. The number of carbonyl (C=O) groups is 1. The quantitative estimate of drug-likeness (QED) is 0.751. The van der Waals surface area contributed by atoms with Crippen LogP contribution in [0.1, 0.15) is 16.1 Å². The van der Waals surface area contributed by atoms with Crippen LogP contribution in [0.15, 0.2) is 79.3 Å². The molecule has 3 rings (SSSR count). The van der Waals surface area contributed by atoms with Crippen molar-refractivity contribution in [3.63, 3.8) is 0 Å². The van der Waals surface area contributed by atoms with Gasteiger partial charge in [0, 0.05) is 23.9 Å². The smallest absolute Gasteiger partial charge is 0.274 e. The number of nitrogens with zero attached hydrogens (tertiary/aromatic N) is 2. The van der Waals surface area contributed by atoms with Crippen LogP contribution in [0.2, 0.25) is 0 Å². The molecule has 0 aliphatic rings. The summed E-state index contributed by atoms with van der Waals surface area (Å²) in [5.74, 6) is -0.207. The van der Waals surface area contributed by atoms with Gasteiger partial charge in [0.2, 0.25) is 0 Å². The SMILES string of the molecule is O=C(Nc1cc[n+](Cc2ccccc2)cc1)c1ccccn1. The van der Waals surface area contributed by atoms with Gasteiger partial charge in [-0.2, -0.15) is 0 Å². The van der Waals surface area contributed by atoms with E-state index in [2.05, 4.69) is 27.0 Å². The van der Waals surface area contributed by atoms with Crippen molar-refractivity contribution < 1.29 is 9.36 Å². The van der Waals surface area contributed by atoms with Gasteiger partial charge in [0.05, 0.1) is 5.69 Å². The average molecular weight is 290 g/mol. The lowest BCUT2D eigenvalue weighted by molar-refractivity contribution is -0.688. The molecule has 1 N–H and O–H groups in total. The number of nitrogens with one attached hydrogen (secondary N) is 1. The summed E-state index contributed by atoms with van der Waals surface area (Å²) in [7, 11) is 0. The minimum absolute atomic E-state index is 0.207. The highest BCUT2D eigenvalue weighted by molar-refractivity contribution is 6.02. The molecule has 0 fully saturated rings. The van der Waals surface area contributed by atoms with Gasteiger partial charge in [0.1, 0.15) is 5.69 Å². The van der Waals surface area contributed by atoms with E-state index in [1.807, 2.05) is 42.7 Å². The second-order valence-corrected chi connectivity index (χ2v) is 4.91. The van der Waals surface area contributed by atoms with Gasteiger partial charge in [0.15, 0.2) is 18.9 Å². The van der Waals surface area contributed by atoms with Gasteiger partial charge in [-0.15, -0.1) is 0 Å². The van der Waals surface area contributed by atoms with Gasteiger partial charge < -0.3 is 5.32 Å². The van der Waals surface area contributed by atoms with Gasteiger partial charge in [-0.25, -0.2) is 4.57 Å². The first-order valence-corrected chi connectivity index (χ1v) is 7.07. The summed E-state index contributed by atoms with van der Waals surface area (Å²) in [4.78, 5) is 16.0. The molecule has 0 radical (unpaired) electrons. The Balaban J connectivity index is 1.66. The van der Waals surface area contributed by atoms with Crippen molar-refractivity contribution in [3.05, 3.63) is 90.5 Å². The van der Waals surface area contributed by atoms with Crippen molar-refractivity contribution >= 4 is 11.6 Å². The van der Waals surface area contributed by atoms with E-state index in [0.29, 0.717) is 5.69 Å². The average Bonchev–Trinajstić information content (AvgIpc) is 2.58. The van der Waals surface area contributed by atoms with Crippen molar-refractivity contribution in [2.45, 2.75) is 6.54 Å². The van der Waals surface area contributed by atoms with Crippen molar-refractivity contribution in [3.8, 4) is 0 Å². The van der Waals surface area contributed by atoms with Crippen molar-refractivity contribution in [1.82, 2.24) is 4.98 Å². The Morgan fingerprint density at radius 1 is 0.955 bits per heavy atom. The number of pyridine rings is 2. The molecule has 0 atom stereocenters. The van der Waals surface area contributed by atoms with E-state index in [9.17, 15) is 4.79 Å².